The van der Waals surface area contributed by atoms with Crippen LogP contribution in [0, 0.1) is 6.92 Å². The fourth-order valence-electron chi connectivity index (χ4n) is 1.29. The van der Waals surface area contributed by atoms with Crippen molar-refractivity contribution in [3.05, 3.63) is 29.3 Å². The molecule has 0 fully saturated rings. The Morgan fingerprint density at radius 2 is 2.20 bits per heavy atom. The minimum atomic E-state index is -1.03. The van der Waals surface area contributed by atoms with E-state index in [4.69, 9.17) is 0 Å². The number of hydrogen-bond donors (Lipinski definition) is 2. The lowest BCUT2D eigenvalue weighted by molar-refractivity contribution is -0.142. The Labute approximate surface area is 88.1 Å². The number of aliphatic hydroxyl groups excluding tert-OH is 1. The van der Waals surface area contributed by atoms with Crippen LogP contribution in [-0.2, 0) is 9.53 Å². The molecule has 0 aromatic heterocycles. The van der Waals surface area contributed by atoms with Crippen LogP contribution in [0.4, 0.5) is 0 Å². The molecule has 0 aliphatic heterocycles. The smallest absolute Gasteiger partial charge is 0.308 e. The maximum atomic E-state index is 10.9. The van der Waals surface area contributed by atoms with Crippen LogP contribution in [0.3, 0.4) is 0 Å². The molecule has 15 heavy (non-hydrogen) atoms. The van der Waals surface area contributed by atoms with Crippen molar-refractivity contribution in [3.8, 4) is 5.75 Å². The lowest BCUT2D eigenvalue weighted by Crippen LogP contribution is -2.08. The number of hydrogen-bond acceptors (Lipinski definition) is 4. The quantitative estimate of drug-likeness (QED) is 0.738. The lowest BCUT2D eigenvalue weighted by atomic mass is 10.0. The highest BCUT2D eigenvalue weighted by Gasteiger charge is 2.16. The zero-order chi connectivity index (χ0) is 11.4. The highest BCUT2D eigenvalue weighted by atomic mass is 16.5. The Hall–Kier alpha value is -1.55. The number of ether oxygens (including phenoxy) is 1. The standard InChI is InChI=1S/C11H14O4/c1-7-3-4-8(9(12)5-7)10(13)6-11(14)15-2/h3-5,10,12-13H,6H2,1-2H3/t10-/m1/s1. The predicted molar refractivity (Wildman–Crippen MR) is 54.4 cm³/mol. The molecule has 0 saturated carbocycles. The van der Waals surface area contributed by atoms with Crippen molar-refractivity contribution in [3.63, 3.8) is 0 Å². The molecule has 0 spiro atoms. The van der Waals surface area contributed by atoms with Crippen molar-refractivity contribution in [1.29, 1.82) is 0 Å². The molecule has 0 heterocycles. The molecule has 0 aliphatic carbocycles. The van der Waals surface area contributed by atoms with Gasteiger partial charge < -0.3 is 14.9 Å². The van der Waals surface area contributed by atoms with E-state index in [2.05, 4.69) is 4.74 Å². The van der Waals surface area contributed by atoms with Crippen LogP contribution in [-0.4, -0.2) is 23.3 Å². The molecule has 2 N–H and O–H groups in total. The van der Waals surface area contributed by atoms with Crippen molar-refractivity contribution in [2.45, 2.75) is 19.4 Å². The van der Waals surface area contributed by atoms with E-state index in [1.807, 2.05) is 6.92 Å². The first-order chi connectivity index (χ1) is 7.04. The fraction of sp³-hybridized carbons (Fsp3) is 0.364. The molecule has 0 bridgehead atoms. The summed E-state index contributed by atoms with van der Waals surface area (Å²) in [5.74, 6) is -0.520. The Morgan fingerprint density at radius 1 is 1.53 bits per heavy atom. The number of methoxy groups -OCH3 is 1. The van der Waals surface area contributed by atoms with Gasteiger partial charge in [-0.05, 0) is 18.6 Å². The molecule has 4 heteroatoms. The second-order valence-corrected chi connectivity index (χ2v) is 3.36. The van der Waals surface area contributed by atoms with E-state index >= 15 is 0 Å². The Bertz CT molecular complexity index is 360. The topological polar surface area (TPSA) is 66.8 Å². The summed E-state index contributed by atoms with van der Waals surface area (Å²) in [5.41, 5.74) is 1.23. The molecule has 0 saturated heterocycles. The maximum Gasteiger partial charge on any atom is 0.308 e. The molecule has 1 aromatic carbocycles. The van der Waals surface area contributed by atoms with Crippen molar-refractivity contribution >= 4 is 5.97 Å². The second kappa shape index (κ2) is 4.79. The Balaban J connectivity index is 2.82. The Kier molecular flexibility index (Phi) is 3.68. The van der Waals surface area contributed by atoms with Crippen molar-refractivity contribution in [2.24, 2.45) is 0 Å². The van der Waals surface area contributed by atoms with Crippen LogP contribution in [0.5, 0.6) is 5.75 Å². The molecule has 1 atom stereocenters. The highest BCUT2D eigenvalue weighted by molar-refractivity contribution is 5.70. The molecule has 0 aliphatic rings. The maximum absolute atomic E-state index is 10.9. The van der Waals surface area contributed by atoms with Crippen LogP contribution >= 0.6 is 0 Å². The van der Waals surface area contributed by atoms with E-state index in [9.17, 15) is 15.0 Å². The Morgan fingerprint density at radius 3 is 2.73 bits per heavy atom. The molecular formula is C11H14O4. The average molecular weight is 210 g/mol. The third kappa shape index (κ3) is 2.95. The van der Waals surface area contributed by atoms with E-state index < -0.39 is 12.1 Å². The number of aliphatic hydroxyl groups is 1. The summed E-state index contributed by atoms with van der Waals surface area (Å²) < 4.78 is 4.43. The molecule has 0 unspecified atom stereocenters. The third-order valence-electron chi connectivity index (χ3n) is 2.13. The predicted octanol–water partition coefficient (Wildman–Crippen LogP) is 1.30. The van der Waals surface area contributed by atoms with Crippen LogP contribution in [0.1, 0.15) is 23.7 Å². The van der Waals surface area contributed by atoms with Crippen molar-refractivity contribution in [2.75, 3.05) is 7.11 Å². The number of benzene rings is 1. The van der Waals surface area contributed by atoms with Gasteiger partial charge in [-0.25, -0.2) is 0 Å². The molecule has 0 amide bonds. The number of rotatable bonds is 3. The van der Waals surface area contributed by atoms with E-state index in [0.29, 0.717) is 5.56 Å². The van der Waals surface area contributed by atoms with Gasteiger partial charge in [0.05, 0.1) is 19.6 Å². The first kappa shape index (κ1) is 11.5. The summed E-state index contributed by atoms with van der Waals surface area (Å²) in [6.07, 6.45) is -1.19. The first-order valence-corrected chi connectivity index (χ1v) is 4.59. The molecule has 0 radical (unpaired) electrons. The van der Waals surface area contributed by atoms with E-state index in [1.165, 1.54) is 13.2 Å². The minimum absolute atomic E-state index is 0.00796. The summed E-state index contributed by atoms with van der Waals surface area (Å²) in [4.78, 5) is 10.9. The molecular weight excluding hydrogens is 196 g/mol. The van der Waals surface area contributed by atoms with E-state index in [-0.39, 0.29) is 12.2 Å². The van der Waals surface area contributed by atoms with Gasteiger partial charge in [-0.3, -0.25) is 4.79 Å². The van der Waals surface area contributed by atoms with Crippen LogP contribution in [0.15, 0.2) is 18.2 Å². The number of esters is 1. The van der Waals surface area contributed by atoms with Gasteiger partial charge in [-0.1, -0.05) is 12.1 Å². The van der Waals surface area contributed by atoms with Gasteiger partial charge >= 0.3 is 5.97 Å². The first-order valence-electron chi connectivity index (χ1n) is 4.59. The SMILES string of the molecule is COC(=O)C[C@@H](O)c1ccc(C)cc1O. The summed E-state index contributed by atoms with van der Waals surface area (Å²) in [6, 6.07) is 4.89. The summed E-state index contributed by atoms with van der Waals surface area (Å²) in [6.45, 7) is 1.83. The second-order valence-electron chi connectivity index (χ2n) is 3.36. The number of aryl methyl sites for hydroxylation is 1. The van der Waals surface area contributed by atoms with E-state index in [0.717, 1.165) is 5.56 Å². The number of phenolic OH excluding ortho intramolecular Hbond substituents is 1. The summed E-state index contributed by atoms with van der Waals surface area (Å²) in [7, 11) is 1.25. The zero-order valence-electron chi connectivity index (χ0n) is 8.73. The van der Waals surface area contributed by atoms with Gasteiger partial charge in [0.1, 0.15) is 5.75 Å². The van der Waals surface area contributed by atoms with Gasteiger partial charge in [-0.2, -0.15) is 0 Å². The number of carbonyl (C=O) groups excluding carboxylic acids is 1. The van der Waals surface area contributed by atoms with Crippen LogP contribution in [0.2, 0.25) is 0 Å². The molecule has 82 valence electrons. The van der Waals surface area contributed by atoms with Gasteiger partial charge in [0.2, 0.25) is 0 Å². The largest absolute Gasteiger partial charge is 0.508 e. The summed E-state index contributed by atoms with van der Waals surface area (Å²) in [5, 5.41) is 19.2. The fourth-order valence-corrected chi connectivity index (χ4v) is 1.29. The molecule has 4 nitrogen and oxygen atoms in total. The normalized spacial score (nSPS) is 12.2. The van der Waals surface area contributed by atoms with Crippen LogP contribution in [0.25, 0.3) is 0 Å². The number of phenols is 1. The third-order valence-corrected chi connectivity index (χ3v) is 2.13. The highest BCUT2D eigenvalue weighted by Crippen LogP contribution is 2.27. The number of carbonyl (C=O) groups is 1. The van der Waals surface area contributed by atoms with Crippen molar-refractivity contribution in [1.82, 2.24) is 0 Å². The van der Waals surface area contributed by atoms with Gasteiger partial charge in [0.15, 0.2) is 0 Å². The van der Waals surface area contributed by atoms with Crippen LogP contribution < -0.4 is 0 Å². The molecule has 1 rings (SSSR count). The minimum Gasteiger partial charge on any atom is -0.508 e. The van der Waals surface area contributed by atoms with Gasteiger partial charge in [0, 0.05) is 5.56 Å². The monoisotopic (exact) mass is 210 g/mol. The van der Waals surface area contributed by atoms with Gasteiger partial charge in [-0.15, -0.1) is 0 Å². The lowest BCUT2D eigenvalue weighted by Gasteiger charge is -2.11. The number of aromatic hydroxyl groups is 1. The summed E-state index contributed by atoms with van der Waals surface area (Å²) >= 11 is 0. The van der Waals surface area contributed by atoms with E-state index in [1.54, 1.807) is 12.1 Å². The zero-order valence-corrected chi connectivity index (χ0v) is 8.73. The van der Waals surface area contributed by atoms with Gasteiger partial charge in [0.25, 0.3) is 0 Å². The molecule has 1 aromatic rings. The average Bonchev–Trinajstić information content (AvgIpc) is 2.17. The van der Waals surface area contributed by atoms with Crippen molar-refractivity contribution < 1.29 is 19.7 Å².